The van der Waals surface area contributed by atoms with Crippen molar-refractivity contribution < 1.29 is 0 Å². The van der Waals surface area contributed by atoms with Crippen molar-refractivity contribution >= 4 is 11.5 Å². The number of benzene rings is 1. The second kappa shape index (κ2) is 5.63. The number of pyridine rings is 1. The lowest BCUT2D eigenvalue weighted by Crippen LogP contribution is -2.25. The average molecular weight is 267 g/mol. The first-order valence-corrected chi connectivity index (χ1v) is 7.25. The van der Waals surface area contributed by atoms with Gasteiger partial charge in [0.05, 0.1) is 0 Å². The zero-order chi connectivity index (χ0) is 13.9. The monoisotopic (exact) mass is 267 g/mol. The molecule has 3 rings (SSSR count). The van der Waals surface area contributed by atoms with E-state index >= 15 is 0 Å². The van der Waals surface area contributed by atoms with Gasteiger partial charge in [-0.25, -0.2) is 4.98 Å². The van der Waals surface area contributed by atoms with Crippen molar-refractivity contribution in [1.29, 1.82) is 0 Å². The number of aromatic nitrogens is 1. The van der Waals surface area contributed by atoms with Crippen LogP contribution >= 0.6 is 0 Å². The summed E-state index contributed by atoms with van der Waals surface area (Å²) in [6, 6.07) is 10.9. The topological polar surface area (TPSA) is 28.2 Å². The van der Waals surface area contributed by atoms with Gasteiger partial charge < -0.3 is 10.2 Å². The Morgan fingerprint density at radius 3 is 2.95 bits per heavy atom. The number of nitrogens with one attached hydrogen (secondary N) is 1. The molecule has 2 heterocycles. The van der Waals surface area contributed by atoms with Crippen LogP contribution in [0.15, 0.2) is 36.5 Å². The van der Waals surface area contributed by atoms with E-state index in [2.05, 4.69) is 52.5 Å². The van der Waals surface area contributed by atoms with Gasteiger partial charge in [-0.05, 0) is 55.6 Å². The summed E-state index contributed by atoms with van der Waals surface area (Å²) in [5, 5.41) is 3.19. The molecule has 20 heavy (non-hydrogen) atoms. The van der Waals surface area contributed by atoms with E-state index in [4.69, 9.17) is 0 Å². The lowest BCUT2D eigenvalue weighted by Gasteiger charge is -2.30. The van der Waals surface area contributed by atoms with Crippen LogP contribution in [0.4, 0.5) is 11.5 Å². The van der Waals surface area contributed by atoms with E-state index in [-0.39, 0.29) is 0 Å². The van der Waals surface area contributed by atoms with Gasteiger partial charge in [0.2, 0.25) is 0 Å². The Morgan fingerprint density at radius 2 is 2.15 bits per heavy atom. The molecule has 1 aromatic heterocycles. The lowest BCUT2D eigenvalue weighted by molar-refractivity contribution is 0.756. The number of hydrogen-bond donors (Lipinski definition) is 1. The Hall–Kier alpha value is -1.87. The highest BCUT2D eigenvalue weighted by atomic mass is 15.2. The van der Waals surface area contributed by atoms with Crippen molar-refractivity contribution in [2.24, 2.45) is 0 Å². The molecule has 0 amide bonds. The van der Waals surface area contributed by atoms with Gasteiger partial charge in [0.25, 0.3) is 0 Å². The van der Waals surface area contributed by atoms with E-state index < -0.39 is 0 Å². The quantitative estimate of drug-likeness (QED) is 0.925. The average Bonchev–Trinajstić information content (AvgIpc) is 2.49. The highest BCUT2D eigenvalue weighted by Crippen LogP contribution is 2.32. The van der Waals surface area contributed by atoms with Crippen LogP contribution in [0.2, 0.25) is 0 Å². The Kier molecular flexibility index (Phi) is 3.70. The van der Waals surface area contributed by atoms with Gasteiger partial charge in [0, 0.05) is 25.0 Å². The SMILES string of the molecule is CNCc1cnc(N2CCCc3ccccc32)cc1C. The smallest absolute Gasteiger partial charge is 0.133 e. The fourth-order valence-corrected chi connectivity index (χ4v) is 2.86. The summed E-state index contributed by atoms with van der Waals surface area (Å²) in [7, 11) is 1.97. The van der Waals surface area contributed by atoms with E-state index in [9.17, 15) is 0 Å². The van der Waals surface area contributed by atoms with E-state index in [0.717, 1.165) is 18.9 Å². The zero-order valence-electron chi connectivity index (χ0n) is 12.2. The summed E-state index contributed by atoms with van der Waals surface area (Å²) in [6.07, 6.45) is 4.36. The molecule has 3 heteroatoms. The third-order valence-corrected chi connectivity index (χ3v) is 3.96. The maximum Gasteiger partial charge on any atom is 0.133 e. The Balaban J connectivity index is 1.96. The van der Waals surface area contributed by atoms with Gasteiger partial charge in [-0.3, -0.25) is 0 Å². The number of fused-ring (bicyclic) bond motifs is 1. The van der Waals surface area contributed by atoms with Crippen molar-refractivity contribution in [3.63, 3.8) is 0 Å². The highest BCUT2D eigenvalue weighted by molar-refractivity contribution is 5.65. The van der Waals surface area contributed by atoms with Crippen molar-refractivity contribution in [1.82, 2.24) is 10.3 Å². The number of para-hydroxylation sites is 1. The molecule has 0 saturated heterocycles. The molecule has 1 aliphatic rings. The minimum Gasteiger partial charge on any atom is -0.326 e. The Labute approximate surface area is 120 Å². The van der Waals surface area contributed by atoms with Crippen LogP contribution in [0.25, 0.3) is 0 Å². The predicted octanol–water partition coefficient (Wildman–Crippen LogP) is 3.19. The normalized spacial score (nSPS) is 14.2. The van der Waals surface area contributed by atoms with Crippen LogP contribution in [0.3, 0.4) is 0 Å². The van der Waals surface area contributed by atoms with E-state index in [1.165, 1.54) is 35.2 Å². The third-order valence-electron chi connectivity index (χ3n) is 3.96. The summed E-state index contributed by atoms with van der Waals surface area (Å²) in [5.41, 5.74) is 5.30. The molecule has 1 aliphatic heterocycles. The van der Waals surface area contributed by atoms with E-state index in [1.807, 2.05) is 13.2 Å². The highest BCUT2D eigenvalue weighted by Gasteiger charge is 2.18. The zero-order valence-corrected chi connectivity index (χ0v) is 12.2. The number of rotatable bonds is 3. The maximum absolute atomic E-state index is 4.67. The summed E-state index contributed by atoms with van der Waals surface area (Å²) >= 11 is 0. The fourth-order valence-electron chi connectivity index (χ4n) is 2.86. The van der Waals surface area contributed by atoms with Gasteiger partial charge in [-0.15, -0.1) is 0 Å². The molecule has 0 aliphatic carbocycles. The molecule has 0 saturated carbocycles. The minimum absolute atomic E-state index is 0.871. The molecular formula is C17H21N3. The number of hydrogen-bond acceptors (Lipinski definition) is 3. The van der Waals surface area contributed by atoms with Crippen molar-refractivity contribution in [3.05, 3.63) is 53.2 Å². The first-order valence-electron chi connectivity index (χ1n) is 7.25. The van der Waals surface area contributed by atoms with Crippen molar-refractivity contribution in [2.45, 2.75) is 26.3 Å². The number of aryl methyl sites for hydroxylation is 2. The van der Waals surface area contributed by atoms with Crippen LogP contribution in [0.5, 0.6) is 0 Å². The second-order valence-corrected chi connectivity index (χ2v) is 5.38. The molecule has 2 aromatic rings. The van der Waals surface area contributed by atoms with Crippen molar-refractivity contribution in [3.8, 4) is 0 Å². The fraction of sp³-hybridized carbons (Fsp3) is 0.353. The maximum atomic E-state index is 4.67. The third kappa shape index (κ3) is 2.41. The molecule has 104 valence electrons. The second-order valence-electron chi connectivity index (χ2n) is 5.38. The van der Waals surface area contributed by atoms with E-state index in [0.29, 0.717) is 0 Å². The van der Waals surface area contributed by atoms with Crippen LogP contribution in [0, 0.1) is 6.92 Å². The first kappa shape index (κ1) is 13.1. The largest absolute Gasteiger partial charge is 0.326 e. The minimum atomic E-state index is 0.871. The number of nitrogens with zero attached hydrogens (tertiary/aromatic N) is 2. The summed E-state index contributed by atoms with van der Waals surface area (Å²) in [5.74, 6) is 1.06. The van der Waals surface area contributed by atoms with Gasteiger partial charge in [0.1, 0.15) is 5.82 Å². The van der Waals surface area contributed by atoms with Crippen molar-refractivity contribution in [2.75, 3.05) is 18.5 Å². The predicted molar refractivity (Wildman–Crippen MR) is 83.5 cm³/mol. The van der Waals surface area contributed by atoms with Crippen LogP contribution in [-0.2, 0) is 13.0 Å². The molecule has 0 radical (unpaired) electrons. The molecule has 0 fully saturated rings. The van der Waals surface area contributed by atoms with Gasteiger partial charge >= 0.3 is 0 Å². The standard InChI is InChI=1S/C17H21N3/c1-13-10-17(19-12-15(13)11-18-2)20-9-5-7-14-6-3-4-8-16(14)20/h3-4,6,8,10,12,18H,5,7,9,11H2,1-2H3. The van der Waals surface area contributed by atoms with E-state index in [1.54, 1.807) is 0 Å². The molecule has 0 spiro atoms. The van der Waals surface area contributed by atoms with Crippen LogP contribution < -0.4 is 10.2 Å². The summed E-state index contributed by atoms with van der Waals surface area (Å²) in [6.45, 7) is 4.08. The molecule has 0 bridgehead atoms. The van der Waals surface area contributed by atoms with Crippen LogP contribution in [0.1, 0.15) is 23.1 Å². The molecule has 0 atom stereocenters. The molecule has 3 nitrogen and oxygen atoms in total. The lowest BCUT2D eigenvalue weighted by atomic mass is 10.0. The van der Waals surface area contributed by atoms with Gasteiger partial charge in [0.15, 0.2) is 0 Å². The van der Waals surface area contributed by atoms with Gasteiger partial charge in [-0.1, -0.05) is 18.2 Å². The number of anilines is 2. The Morgan fingerprint density at radius 1 is 1.30 bits per heavy atom. The Bertz CT molecular complexity index is 607. The van der Waals surface area contributed by atoms with Crippen LogP contribution in [-0.4, -0.2) is 18.6 Å². The van der Waals surface area contributed by atoms with Gasteiger partial charge in [-0.2, -0.15) is 0 Å². The molecule has 1 aromatic carbocycles. The first-order chi connectivity index (χ1) is 9.79. The molecule has 0 unspecified atom stereocenters. The summed E-state index contributed by atoms with van der Waals surface area (Å²) < 4.78 is 0. The summed E-state index contributed by atoms with van der Waals surface area (Å²) in [4.78, 5) is 7.01. The molecular weight excluding hydrogens is 246 g/mol. The molecule has 1 N–H and O–H groups in total.